The molecule has 9 nitrogen and oxygen atoms in total. The van der Waals surface area contributed by atoms with Crippen LogP contribution < -0.4 is 10.1 Å². The van der Waals surface area contributed by atoms with Crippen LogP contribution in [0, 0.1) is 0 Å². The van der Waals surface area contributed by atoms with E-state index in [1.807, 2.05) is 0 Å². The molecule has 2 aromatic carbocycles. The monoisotopic (exact) mass is 480 g/mol. The molecule has 1 aliphatic rings. The van der Waals surface area contributed by atoms with Crippen molar-refractivity contribution in [3.63, 3.8) is 0 Å². The minimum atomic E-state index is -1.04. The van der Waals surface area contributed by atoms with Gasteiger partial charge in [-0.1, -0.05) is 29.8 Å². The van der Waals surface area contributed by atoms with Gasteiger partial charge in [-0.25, -0.2) is 9.59 Å². The van der Waals surface area contributed by atoms with E-state index in [0.29, 0.717) is 22.6 Å². The van der Waals surface area contributed by atoms with Gasteiger partial charge in [0.1, 0.15) is 23.7 Å². The maximum atomic E-state index is 12.8. The average Bonchev–Trinajstić information content (AvgIpc) is 3.32. The number of furan rings is 1. The number of urea groups is 1. The Labute approximate surface area is 198 Å². The third-order valence-electron chi connectivity index (χ3n) is 4.92. The van der Waals surface area contributed by atoms with Gasteiger partial charge >= 0.3 is 12.0 Å². The Bertz CT molecular complexity index is 1310. The predicted molar refractivity (Wildman–Crippen MR) is 120 cm³/mol. The summed E-state index contributed by atoms with van der Waals surface area (Å²) in [6.45, 7) is -0.0368. The van der Waals surface area contributed by atoms with Crippen LogP contribution in [0.3, 0.4) is 0 Å². The number of carboxylic acid groups (broad SMARTS) is 1. The van der Waals surface area contributed by atoms with Gasteiger partial charge < -0.3 is 14.3 Å². The number of nitrogens with zero attached hydrogens (tertiary/aromatic N) is 1. The van der Waals surface area contributed by atoms with Crippen molar-refractivity contribution >= 4 is 41.5 Å². The third kappa shape index (κ3) is 5.00. The summed E-state index contributed by atoms with van der Waals surface area (Å²) < 4.78 is 10.9. The highest BCUT2D eigenvalue weighted by atomic mass is 35.5. The Morgan fingerprint density at radius 2 is 1.94 bits per heavy atom. The van der Waals surface area contributed by atoms with Crippen molar-refractivity contribution in [2.24, 2.45) is 0 Å². The van der Waals surface area contributed by atoms with Crippen LogP contribution in [-0.2, 0) is 22.7 Å². The molecule has 2 N–H and O–H groups in total. The van der Waals surface area contributed by atoms with Crippen LogP contribution in [0.2, 0.25) is 5.02 Å². The van der Waals surface area contributed by atoms with E-state index in [1.165, 1.54) is 30.5 Å². The molecule has 0 radical (unpaired) electrons. The Morgan fingerprint density at radius 3 is 2.65 bits per heavy atom. The highest BCUT2D eigenvalue weighted by Crippen LogP contribution is 2.28. The predicted octanol–water partition coefficient (Wildman–Crippen LogP) is 3.87. The highest BCUT2D eigenvalue weighted by molar-refractivity contribution is 6.33. The second-order valence-corrected chi connectivity index (χ2v) is 7.68. The van der Waals surface area contributed by atoms with Gasteiger partial charge in [0.15, 0.2) is 0 Å². The van der Waals surface area contributed by atoms with Crippen LogP contribution in [0.5, 0.6) is 5.75 Å². The molecule has 1 saturated heterocycles. The SMILES string of the molecule is O=C1NC(=O)N(Cc2ccco2)C(=O)C1=Cc1ccc(OCc2cccc(C(=O)O)c2)c(Cl)c1. The van der Waals surface area contributed by atoms with E-state index < -0.39 is 23.8 Å². The zero-order valence-electron chi connectivity index (χ0n) is 17.5. The topological polar surface area (TPSA) is 126 Å². The molecule has 1 aromatic heterocycles. The number of hydrogen-bond donors (Lipinski definition) is 2. The largest absolute Gasteiger partial charge is 0.487 e. The van der Waals surface area contributed by atoms with Crippen LogP contribution in [0.25, 0.3) is 6.08 Å². The van der Waals surface area contributed by atoms with Gasteiger partial charge in [0.2, 0.25) is 0 Å². The first-order chi connectivity index (χ1) is 16.3. The van der Waals surface area contributed by atoms with Crippen molar-refractivity contribution in [3.05, 3.63) is 93.9 Å². The summed E-state index contributed by atoms with van der Waals surface area (Å²) in [4.78, 5) is 49.2. The van der Waals surface area contributed by atoms with E-state index >= 15 is 0 Å². The molecule has 10 heteroatoms. The second kappa shape index (κ2) is 9.63. The van der Waals surface area contributed by atoms with Crippen molar-refractivity contribution in [1.29, 1.82) is 0 Å². The number of amides is 4. The molecule has 3 aromatic rings. The van der Waals surface area contributed by atoms with Crippen LogP contribution in [-0.4, -0.2) is 33.8 Å². The minimum absolute atomic E-state index is 0.0893. The fraction of sp³-hybridized carbons (Fsp3) is 0.0833. The first-order valence-corrected chi connectivity index (χ1v) is 10.4. The molecule has 34 heavy (non-hydrogen) atoms. The van der Waals surface area contributed by atoms with Gasteiger partial charge in [-0.05, 0) is 53.6 Å². The Morgan fingerprint density at radius 1 is 1.12 bits per heavy atom. The molecule has 0 spiro atoms. The maximum absolute atomic E-state index is 12.8. The lowest BCUT2D eigenvalue weighted by Crippen LogP contribution is -2.53. The molecule has 172 valence electrons. The number of benzene rings is 2. The average molecular weight is 481 g/mol. The van der Waals surface area contributed by atoms with Gasteiger partial charge in [0.05, 0.1) is 23.4 Å². The molecular weight excluding hydrogens is 464 g/mol. The standard InChI is InChI=1S/C24H17ClN2O7/c25-19-11-14(6-7-20(19)34-13-15-3-1-4-16(9-15)23(30)31)10-18-21(28)26-24(32)27(22(18)29)12-17-5-2-8-33-17/h1-11H,12-13H2,(H,30,31)(H,26,28,32). The number of halogens is 1. The summed E-state index contributed by atoms with van der Waals surface area (Å²) in [5, 5.41) is 11.4. The maximum Gasteiger partial charge on any atom is 0.335 e. The summed E-state index contributed by atoms with van der Waals surface area (Å²) in [6.07, 6.45) is 2.74. The molecule has 4 rings (SSSR count). The quantitative estimate of drug-likeness (QED) is 0.388. The highest BCUT2D eigenvalue weighted by Gasteiger charge is 2.36. The summed E-state index contributed by atoms with van der Waals surface area (Å²) in [6, 6.07) is 13.4. The lowest BCUT2D eigenvalue weighted by molar-refractivity contribution is -0.130. The normalized spacial score (nSPS) is 14.9. The van der Waals surface area contributed by atoms with Crippen molar-refractivity contribution in [2.75, 3.05) is 0 Å². The second-order valence-electron chi connectivity index (χ2n) is 7.27. The number of carboxylic acids is 1. The lowest BCUT2D eigenvalue weighted by atomic mass is 10.1. The number of barbiturate groups is 1. The van der Waals surface area contributed by atoms with E-state index in [9.17, 15) is 19.2 Å². The Balaban J connectivity index is 1.50. The van der Waals surface area contributed by atoms with Crippen LogP contribution in [0.4, 0.5) is 4.79 Å². The number of carbonyl (C=O) groups is 4. The third-order valence-corrected chi connectivity index (χ3v) is 5.21. The van der Waals surface area contributed by atoms with E-state index in [1.54, 1.807) is 36.4 Å². The molecule has 0 bridgehead atoms. The molecule has 4 amide bonds. The first-order valence-electron chi connectivity index (χ1n) is 9.97. The van der Waals surface area contributed by atoms with Crippen molar-refractivity contribution in [2.45, 2.75) is 13.2 Å². The number of nitrogens with one attached hydrogen (secondary N) is 1. The number of carbonyl (C=O) groups excluding carboxylic acids is 3. The van der Waals surface area contributed by atoms with Gasteiger partial charge in [0.25, 0.3) is 11.8 Å². The number of aromatic carboxylic acids is 1. The van der Waals surface area contributed by atoms with Gasteiger partial charge in [-0.2, -0.15) is 0 Å². The van der Waals surface area contributed by atoms with Crippen molar-refractivity contribution in [3.8, 4) is 5.75 Å². The van der Waals surface area contributed by atoms with Crippen LogP contribution >= 0.6 is 11.6 Å². The molecule has 0 aliphatic carbocycles. The fourth-order valence-electron chi connectivity index (χ4n) is 3.24. The molecule has 0 atom stereocenters. The summed E-state index contributed by atoms with van der Waals surface area (Å²) in [5.74, 6) is -1.91. The zero-order valence-corrected chi connectivity index (χ0v) is 18.2. The number of hydrogen-bond acceptors (Lipinski definition) is 6. The van der Waals surface area contributed by atoms with E-state index in [-0.39, 0.29) is 29.3 Å². The molecule has 2 heterocycles. The van der Waals surface area contributed by atoms with Gasteiger partial charge in [0, 0.05) is 0 Å². The van der Waals surface area contributed by atoms with Crippen LogP contribution in [0.1, 0.15) is 27.2 Å². The van der Waals surface area contributed by atoms with E-state index in [2.05, 4.69) is 5.32 Å². The van der Waals surface area contributed by atoms with Crippen molar-refractivity contribution in [1.82, 2.24) is 10.2 Å². The molecule has 0 unspecified atom stereocenters. The molecule has 1 fully saturated rings. The first kappa shape index (κ1) is 22.8. The summed E-state index contributed by atoms with van der Waals surface area (Å²) in [5.41, 5.74) is 0.995. The number of ether oxygens (including phenoxy) is 1. The molecular formula is C24H17ClN2O7. The lowest BCUT2D eigenvalue weighted by Gasteiger charge is -2.25. The Hall–Kier alpha value is -4.37. The smallest absolute Gasteiger partial charge is 0.335 e. The van der Waals surface area contributed by atoms with Gasteiger partial charge in [-0.3, -0.25) is 19.8 Å². The molecule has 1 aliphatic heterocycles. The Kier molecular flexibility index (Phi) is 6.46. The van der Waals surface area contributed by atoms with Crippen molar-refractivity contribution < 1.29 is 33.4 Å². The zero-order chi connectivity index (χ0) is 24.2. The van der Waals surface area contributed by atoms with E-state index in [0.717, 1.165) is 4.90 Å². The number of rotatable bonds is 7. The minimum Gasteiger partial charge on any atom is -0.487 e. The summed E-state index contributed by atoms with van der Waals surface area (Å²) in [7, 11) is 0. The van der Waals surface area contributed by atoms with Crippen LogP contribution in [0.15, 0.2) is 70.9 Å². The van der Waals surface area contributed by atoms with E-state index in [4.69, 9.17) is 25.9 Å². The fourth-order valence-corrected chi connectivity index (χ4v) is 3.49. The number of imide groups is 2. The summed E-state index contributed by atoms with van der Waals surface area (Å²) >= 11 is 6.30. The van der Waals surface area contributed by atoms with Gasteiger partial charge in [-0.15, -0.1) is 0 Å². The molecule has 0 saturated carbocycles.